The molecule has 0 aliphatic heterocycles. The first kappa shape index (κ1) is 17.5. The summed E-state index contributed by atoms with van der Waals surface area (Å²) in [6.45, 7) is 2.93. The van der Waals surface area contributed by atoms with Crippen molar-refractivity contribution in [3.63, 3.8) is 0 Å². The van der Waals surface area contributed by atoms with Gasteiger partial charge in [0.15, 0.2) is 6.10 Å². The van der Waals surface area contributed by atoms with Crippen molar-refractivity contribution in [2.45, 2.75) is 26.0 Å². The molecule has 1 rings (SSSR count). The normalized spacial score (nSPS) is 13.0. The second kappa shape index (κ2) is 8.00. The Morgan fingerprint density at radius 3 is 2.55 bits per heavy atom. The molecule has 1 aromatic carbocycles. The molecule has 2 atom stereocenters. The number of nitrogens with one attached hydrogen (secondary N) is 1. The number of aliphatic hydroxyl groups is 1. The van der Waals surface area contributed by atoms with Gasteiger partial charge in [0.1, 0.15) is 17.9 Å². The second-order valence-electron chi connectivity index (χ2n) is 5.04. The lowest BCUT2D eigenvalue weighted by Crippen LogP contribution is -2.52. The summed E-state index contributed by atoms with van der Waals surface area (Å²) in [6.07, 6.45) is -0.928. The topological polar surface area (TPSA) is 125 Å². The highest BCUT2D eigenvalue weighted by molar-refractivity contribution is 5.88. The van der Waals surface area contributed by atoms with E-state index < -0.39 is 30.6 Å². The number of nitrogens with two attached hydrogens (primary N) is 1. The van der Waals surface area contributed by atoms with Crippen LogP contribution in [0.3, 0.4) is 0 Å². The zero-order chi connectivity index (χ0) is 16.7. The van der Waals surface area contributed by atoms with Crippen molar-refractivity contribution in [2.24, 2.45) is 11.7 Å². The van der Waals surface area contributed by atoms with Gasteiger partial charge in [0, 0.05) is 0 Å². The summed E-state index contributed by atoms with van der Waals surface area (Å²) in [6, 6.07) is 7.33. The van der Waals surface area contributed by atoms with Crippen molar-refractivity contribution in [1.82, 2.24) is 5.32 Å². The third-order valence-electron chi connectivity index (χ3n) is 2.97. The summed E-state index contributed by atoms with van der Waals surface area (Å²) in [5.41, 5.74) is 5.37. The monoisotopic (exact) mass is 305 g/mol. The van der Waals surface area contributed by atoms with Crippen LogP contribution in [-0.2, 0) is 9.59 Å². The van der Waals surface area contributed by atoms with Gasteiger partial charge < -0.3 is 20.9 Å². The quantitative estimate of drug-likeness (QED) is 0.650. The standard InChI is InChI=1S/C15H19N3O4/c1-9(2)13(15(21)18-11(8-19)14(17)20)22-12-6-4-3-5-10(12)7-16/h3-6,9,11,13,19H,8H2,1-2H3,(H2,17,20)(H,18,21)/t11-,13+/m0/s1. The third-order valence-corrected chi connectivity index (χ3v) is 2.97. The van der Waals surface area contributed by atoms with Crippen LogP contribution in [0.25, 0.3) is 0 Å². The van der Waals surface area contributed by atoms with E-state index in [2.05, 4.69) is 5.32 Å². The van der Waals surface area contributed by atoms with Crippen molar-refractivity contribution in [1.29, 1.82) is 5.26 Å². The smallest absolute Gasteiger partial charge is 0.262 e. The number of primary amides is 1. The Labute approximate surface area is 128 Å². The summed E-state index contributed by atoms with van der Waals surface area (Å²) < 4.78 is 5.62. The zero-order valence-electron chi connectivity index (χ0n) is 12.4. The Hall–Kier alpha value is -2.59. The number of carbonyl (C=O) groups is 2. The molecule has 0 saturated carbocycles. The van der Waals surface area contributed by atoms with Crippen molar-refractivity contribution in [2.75, 3.05) is 6.61 Å². The summed E-state index contributed by atoms with van der Waals surface area (Å²) in [5, 5.41) is 20.4. The Morgan fingerprint density at radius 2 is 2.05 bits per heavy atom. The molecule has 0 aromatic heterocycles. The average Bonchev–Trinajstić information content (AvgIpc) is 2.49. The molecule has 0 bridgehead atoms. The van der Waals surface area contributed by atoms with E-state index in [9.17, 15) is 9.59 Å². The van der Waals surface area contributed by atoms with Gasteiger partial charge in [-0.1, -0.05) is 26.0 Å². The largest absolute Gasteiger partial charge is 0.479 e. The van der Waals surface area contributed by atoms with Crippen LogP contribution in [0.15, 0.2) is 24.3 Å². The fourth-order valence-corrected chi connectivity index (χ4v) is 1.75. The van der Waals surface area contributed by atoms with Crippen LogP contribution in [-0.4, -0.2) is 35.7 Å². The molecule has 1 aromatic rings. The van der Waals surface area contributed by atoms with Gasteiger partial charge in [-0.2, -0.15) is 5.26 Å². The predicted molar refractivity (Wildman–Crippen MR) is 78.6 cm³/mol. The van der Waals surface area contributed by atoms with Gasteiger partial charge in [-0.3, -0.25) is 9.59 Å². The SMILES string of the molecule is CC(C)[C@@H](Oc1ccccc1C#N)C(=O)N[C@@H](CO)C(N)=O. The van der Waals surface area contributed by atoms with E-state index in [1.54, 1.807) is 38.1 Å². The molecular weight excluding hydrogens is 286 g/mol. The van der Waals surface area contributed by atoms with Gasteiger partial charge in [-0.15, -0.1) is 0 Å². The van der Waals surface area contributed by atoms with Gasteiger partial charge in [0.05, 0.1) is 12.2 Å². The lowest BCUT2D eigenvalue weighted by atomic mass is 10.1. The number of hydrogen-bond donors (Lipinski definition) is 3. The van der Waals surface area contributed by atoms with Gasteiger partial charge >= 0.3 is 0 Å². The van der Waals surface area contributed by atoms with Crippen LogP contribution in [0.2, 0.25) is 0 Å². The van der Waals surface area contributed by atoms with Crippen LogP contribution in [0, 0.1) is 17.2 Å². The first-order valence-corrected chi connectivity index (χ1v) is 6.77. The minimum absolute atomic E-state index is 0.223. The van der Waals surface area contributed by atoms with Gasteiger partial charge in [-0.05, 0) is 18.1 Å². The van der Waals surface area contributed by atoms with Crippen molar-refractivity contribution < 1.29 is 19.4 Å². The third kappa shape index (κ3) is 4.46. The van der Waals surface area contributed by atoms with E-state index in [-0.39, 0.29) is 11.7 Å². The molecule has 0 spiro atoms. The number of amides is 2. The van der Waals surface area contributed by atoms with Crippen molar-refractivity contribution >= 4 is 11.8 Å². The molecule has 0 fully saturated rings. The van der Waals surface area contributed by atoms with E-state index in [1.165, 1.54) is 0 Å². The molecule has 2 amide bonds. The first-order chi connectivity index (χ1) is 10.4. The Balaban J connectivity index is 2.92. The van der Waals surface area contributed by atoms with E-state index >= 15 is 0 Å². The van der Waals surface area contributed by atoms with E-state index in [0.717, 1.165) is 0 Å². The number of rotatable bonds is 7. The minimum atomic E-state index is -1.18. The number of benzene rings is 1. The molecule has 118 valence electrons. The fraction of sp³-hybridized carbons (Fsp3) is 0.400. The predicted octanol–water partition coefficient (Wildman–Crippen LogP) is -0.0759. The molecule has 7 heteroatoms. The summed E-state index contributed by atoms with van der Waals surface area (Å²) in [4.78, 5) is 23.3. The number of nitriles is 1. The Bertz CT molecular complexity index is 580. The zero-order valence-corrected chi connectivity index (χ0v) is 12.4. The lowest BCUT2D eigenvalue weighted by molar-refractivity contribution is -0.134. The second-order valence-corrected chi connectivity index (χ2v) is 5.04. The van der Waals surface area contributed by atoms with Gasteiger partial charge in [0.2, 0.25) is 5.91 Å². The molecule has 0 aliphatic carbocycles. The van der Waals surface area contributed by atoms with Crippen LogP contribution >= 0.6 is 0 Å². The van der Waals surface area contributed by atoms with Gasteiger partial charge in [0.25, 0.3) is 5.91 Å². The van der Waals surface area contributed by atoms with E-state index in [0.29, 0.717) is 5.56 Å². The van der Waals surface area contributed by atoms with E-state index in [1.807, 2.05) is 6.07 Å². The Morgan fingerprint density at radius 1 is 1.41 bits per heavy atom. The highest BCUT2D eigenvalue weighted by atomic mass is 16.5. The van der Waals surface area contributed by atoms with Gasteiger partial charge in [-0.25, -0.2) is 0 Å². The maximum absolute atomic E-state index is 12.2. The molecule has 22 heavy (non-hydrogen) atoms. The van der Waals surface area contributed by atoms with Crippen LogP contribution in [0.4, 0.5) is 0 Å². The number of para-hydroxylation sites is 1. The number of nitrogens with zero attached hydrogens (tertiary/aromatic N) is 1. The van der Waals surface area contributed by atoms with Crippen LogP contribution < -0.4 is 15.8 Å². The summed E-state index contributed by atoms with van der Waals surface area (Å²) in [7, 11) is 0. The molecule has 4 N–H and O–H groups in total. The number of carbonyl (C=O) groups excluding carboxylic acids is 2. The molecule has 0 unspecified atom stereocenters. The highest BCUT2D eigenvalue weighted by Gasteiger charge is 2.28. The lowest BCUT2D eigenvalue weighted by Gasteiger charge is -2.24. The molecule has 7 nitrogen and oxygen atoms in total. The summed E-state index contributed by atoms with van der Waals surface area (Å²) in [5.74, 6) is -1.37. The summed E-state index contributed by atoms with van der Waals surface area (Å²) >= 11 is 0. The van der Waals surface area contributed by atoms with Crippen molar-refractivity contribution in [3.8, 4) is 11.8 Å². The fourth-order valence-electron chi connectivity index (χ4n) is 1.75. The number of hydrogen-bond acceptors (Lipinski definition) is 5. The maximum atomic E-state index is 12.2. The Kier molecular flexibility index (Phi) is 6.35. The maximum Gasteiger partial charge on any atom is 0.262 e. The molecule has 0 aliphatic rings. The number of aliphatic hydroxyl groups excluding tert-OH is 1. The van der Waals surface area contributed by atoms with Crippen LogP contribution in [0.1, 0.15) is 19.4 Å². The van der Waals surface area contributed by atoms with E-state index in [4.69, 9.17) is 20.8 Å². The molecule has 0 radical (unpaired) electrons. The van der Waals surface area contributed by atoms with Crippen LogP contribution in [0.5, 0.6) is 5.75 Å². The number of ether oxygens (including phenoxy) is 1. The molecule has 0 heterocycles. The molecule has 0 saturated heterocycles. The highest BCUT2D eigenvalue weighted by Crippen LogP contribution is 2.20. The average molecular weight is 305 g/mol. The van der Waals surface area contributed by atoms with Crippen molar-refractivity contribution in [3.05, 3.63) is 29.8 Å². The molecular formula is C15H19N3O4. The minimum Gasteiger partial charge on any atom is -0.479 e. The first-order valence-electron chi connectivity index (χ1n) is 6.77.